The quantitative estimate of drug-likeness (QED) is 0.711. The Kier molecular flexibility index (Phi) is 3.89. The summed E-state index contributed by atoms with van der Waals surface area (Å²) in [4.78, 5) is 11.6. The van der Waals surface area contributed by atoms with Crippen molar-refractivity contribution in [2.24, 2.45) is 0 Å². The van der Waals surface area contributed by atoms with E-state index in [2.05, 4.69) is 13.0 Å². The van der Waals surface area contributed by atoms with Gasteiger partial charge in [0.25, 0.3) is 0 Å². The lowest BCUT2D eigenvalue weighted by Crippen LogP contribution is -2.14. The Hall–Kier alpha value is -1.31. The first-order chi connectivity index (χ1) is 7.07. The molecule has 0 saturated carbocycles. The molecule has 1 aromatic rings. The van der Waals surface area contributed by atoms with Gasteiger partial charge in [-0.15, -0.1) is 0 Å². The summed E-state index contributed by atoms with van der Waals surface area (Å²) in [5.41, 5.74) is 3.45. The fourth-order valence-corrected chi connectivity index (χ4v) is 1.64. The zero-order valence-corrected chi connectivity index (χ0v) is 9.83. The molecule has 1 rings (SSSR count). The van der Waals surface area contributed by atoms with Crippen LogP contribution in [0.25, 0.3) is 0 Å². The molecule has 0 saturated heterocycles. The highest BCUT2D eigenvalue weighted by molar-refractivity contribution is 5.78. The molecule has 0 spiro atoms. The van der Waals surface area contributed by atoms with Crippen molar-refractivity contribution in [3.63, 3.8) is 0 Å². The molecular formula is C13H18O2. The highest BCUT2D eigenvalue weighted by Gasteiger charge is 2.18. The molecule has 0 heterocycles. The van der Waals surface area contributed by atoms with Crippen LogP contribution in [-0.4, -0.2) is 12.6 Å². The number of hydrogen-bond donors (Lipinski definition) is 0. The summed E-state index contributed by atoms with van der Waals surface area (Å²) in [6.07, 6.45) is 0. The Bertz CT molecular complexity index is 356. The molecule has 1 aromatic carbocycles. The van der Waals surface area contributed by atoms with E-state index < -0.39 is 0 Å². The average molecular weight is 206 g/mol. The number of benzene rings is 1. The van der Waals surface area contributed by atoms with Gasteiger partial charge >= 0.3 is 5.97 Å². The fraction of sp³-hybridized carbons (Fsp3) is 0.462. The van der Waals surface area contributed by atoms with Crippen molar-refractivity contribution in [3.05, 3.63) is 34.9 Å². The van der Waals surface area contributed by atoms with Gasteiger partial charge in [0.05, 0.1) is 12.5 Å². The highest BCUT2D eigenvalue weighted by atomic mass is 16.5. The van der Waals surface area contributed by atoms with Crippen LogP contribution in [0.3, 0.4) is 0 Å². The fourth-order valence-electron chi connectivity index (χ4n) is 1.64. The Morgan fingerprint density at radius 1 is 1.40 bits per heavy atom. The first-order valence-electron chi connectivity index (χ1n) is 5.30. The van der Waals surface area contributed by atoms with Gasteiger partial charge in [0, 0.05) is 0 Å². The van der Waals surface area contributed by atoms with Crippen LogP contribution in [0.2, 0.25) is 0 Å². The van der Waals surface area contributed by atoms with Crippen molar-refractivity contribution < 1.29 is 9.53 Å². The SMILES string of the molecule is CCOC(=O)C(C)c1cccc(C)c1C. The molecule has 0 amide bonds. The molecule has 0 aliphatic carbocycles. The largest absolute Gasteiger partial charge is 0.466 e. The molecule has 1 atom stereocenters. The van der Waals surface area contributed by atoms with Crippen molar-refractivity contribution in [1.82, 2.24) is 0 Å². The molecule has 0 N–H and O–H groups in total. The van der Waals surface area contributed by atoms with E-state index in [4.69, 9.17) is 4.74 Å². The molecule has 0 bridgehead atoms. The second-order valence-corrected chi connectivity index (χ2v) is 3.76. The molecule has 2 nitrogen and oxygen atoms in total. The van der Waals surface area contributed by atoms with Gasteiger partial charge in [0.1, 0.15) is 0 Å². The standard InChI is InChI=1S/C13H18O2/c1-5-15-13(14)11(4)12-8-6-7-9(2)10(12)3/h6-8,11H,5H2,1-4H3. The Balaban J connectivity index is 2.96. The van der Waals surface area contributed by atoms with Crippen LogP contribution in [-0.2, 0) is 9.53 Å². The molecule has 0 aromatic heterocycles. The lowest BCUT2D eigenvalue weighted by molar-refractivity contribution is -0.144. The predicted molar refractivity (Wildman–Crippen MR) is 61.0 cm³/mol. The Morgan fingerprint density at radius 2 is 2.07 bits per heavy atom. The molecule has 15 heavy (non-hydrogen) atoms. The summed E-state index contributed by atoms with van der Waals surface area (Å²) in [6.45, 7) is 8.25. The van der Waals surface area contributed by atoms with E-state index in [0.717, 1.165) is 5.56 Å². The lowest BCUT2D eigenvalue weighted by Gasteiger charge is -2.14. The zero-order valence-electron chi connectivity index (χ0n) is 9.83. The molecule has 0 radical (unpaired) electrons. The maximum atomic E-state index is 11.6. The number of aryl methyl sites for hydroxylation is 1. The lowest BCUT2D eigenvalue weighted by atomic mass is 9.94. The van der Waals surface area contributed by atoms with E-state index in [1.165, 1.54) is 11.1 Å². The van der Waals surface area contributed by atoms with Crippen molar-refractivity contribution >= 4 is 5.97 Å². The maximum Gasteiger partial charge on any atom is 0.313 e. The van der Waals surface area contributed by atoms with Gasteiger partial charge in [-0.1, -0.05) is 18.2 Å². The maximum absolute atomic E-state index is 11.6. The van der Waals surface area contributed by atoms with E-state index >= 15 is 0 Å². The minimum Gasteiger partial charge on any atom is -0.466 e. The van der Waals surface area contributed by atoms with Gasteiger partial charge in [0.2, 0.25) is 0 Å². The number of carbonyl (C=O) groups is 1. The van der Waals surface area contributed by atoms with Crippen molar-refractivity contribution in [2.45, 2.75) is 33.6 Å². The number of esters is 1. The minimum atomic E-state index is -0.176. The van der Waals surface area contributed by atoms with Crippen LogP contribution in [0, 0.1) is 13.8 Å². The zero-order chi connectivity index (χ0) is 11.4. The van der Waals surface area contributed by atoms with Gasteiger partial charge in [-0.3, -0.25) is 4.79 Å². The first-order valence-corrected chi connectivity index (χ1v) is 5.30. The minimum absolute atomic E-state index is 0.147. The number of carbonyl (C=O) groups excluding carboxylic acids is 1. The number of ether oxygens (including phenoxy) is 1. The van der Waals surface area contributed by atoms with Crippen LogP contribution in [0.15, 0.2) is 18.2 Å². The number of rotatable bonds is 3. The van der Waals surface area contributed by atoms with Gasteiger partial charge in [-0.05, 0) is 44.4 Å². The third-order valence-corrected chi connectivity index (χ3v) is 2.75. The number of hydrogen-bond acceptors (Lipinski definition) is 2. The third kappa shape index (κ3) is 2.58. The van der Waals surface area contributed by atoms with Crippen molar-refractivity contribution in [2.75, 3.05) is 6.61 Å². The predicted octanol–water partition coefficient (Wildman–Crippen LogP) is 2.97. The Morgan fingerprint density at radius 3 is 2.67 bits per heavy atom. The molecular weight excluding hydrogens is 188 g/mol. The summed E-state index contributed by atoms with van der Waals surface area (Å²) in [6, 6.07) is 6.02. The van der Waals surface area contributed by atoms with E-state index in [1.807, 2.05) is 32.9 Å². The smallest absolute Gasteiger partial charge is 0.313 e. The molecule has 1 unspecified atom stereocenters. The van der Waals surface area contributed by atoms with E-state index in [1.54, 1.807) is 0 Å². The molecule has 82 valence electrons. The summed E-state index contributed by atoms with van der Waals surface area (Å²) >= 11 is 0. The van der Waals surface area contributed by atoms with Crippen LogP contribution in [0.4, 0.5) is 0 Å². The van der Waals surface area contributed by atoms with Gasteiger partial charge < -0.3 is 4.74 Å². The Labute approximate surface area is 91.3 Å². The summed E-state index contributed by atoms with van der Waals surface area (Å²) in [7, 11) is 0. The molecule has 0 fully saturated rings. The van der Waals surface area contributed by atoms with Crippen LogP contribution in [0.5, 0.6) is 0 Å². The van der Waals surface area contributed by atoms with Crippen LogP contribution in [0.1, 0.15) is 36.5 Å². The van der Waals surface area contributed by atoms with E-state index in [9.17, 15) is 4.79 Å². The van der Waals surface area contributed by atoms with Gasteiger partial charge in [-0.25, -0.2) is 0 Å². The van der Waals surface area contributed by atoms with Crippen LogP contribution >= 0.6 is 0 Å². The normalized spacial score (nSPS) is 12.3. The van der Waals surface area contributed by atoms with Crippen LogP contribution < -0.4 is 0 Å². The van der Waals surface area contributed by atoms with Crippen molar-refractivity contribution in [1.29, 1.82) is 0 Å². The topological polar surface area (TPSA) is 26.3 Å². The summed E-state index contributed by atoms with van der Waals surface area (Å²) in [5, 5.41) is 0. The van der Waals surface area contributed by atoms with E-state index in [0.29, 0.717) is 6.61 Å². The van der Waals surface area contributed by atoms with E-state index in [-0.39, 0.29) is 11.9 Å². The summed E-state index contributed by atoms with van der Waals surface area (Å²) < 4.78 is 5.01. The molecule has 0 aliphatic heterocycles. The van der Waals surface area contributed by atoms with Gasteiger partial charge in [-0.2, -0.15) is 0 Å². The average Bonchev–Trinajstić information content (AvgIpc) is 2.21. The highest BCUT2D eigenvalue weighted by Crippen LogP contribution is 2.22. The second kappa shape index (κ2) is 4.96. The molecule has 2 heteroatoms. The van der Waals surface area contributed by atoms with Gasteiger partial charge in [0.15, 0.2) is 0 Å². The second-order valence-electron chi connectivity index (χ2n) is 3.76. The monoisotopic (exact) mass is 206 g/mol. The third-order valence-electron chi connectivity index (χ3n) is 2.75. The van der Waals surface area contributed by atoms with Crippen molar-refractivity contribution in [3.8, 4) is 0 Å². The first kappa shape index (κ1) is 11.8. The molecule has 0 aliphatic rings. The summed E-state index contributed by atoms with van der Waals surface area (Å²) in [5.74, 6) is -0.323.